The first-order valence-corrected chi connectivity index (χ1v) is 5.57. The number of rotatable bonds is 3. The van der Waals surface area contributed by atoms with Gasteiger partial charge in [-0.05, 0) is 24.6 Å². The minimum absolute atomic E-state index is 0. The molecule has 0 amide bonds. The molecular formula is C12H19ClN2O. The molecule has 0 spiro atoms. The van der Waals surface area contributed by atoms with Crippen molar-refractivity contribution in [2.75, 3.05) is 26.2 Å². The molecule has 1 atom stereocenters. The van der Waals surface area contributed by atoms with E-state index in [0.717, 1.165) is 32.0 Å². The molecule has 1 fully saturated rings. The van der Waals surface area contributed by atoms with E-state index in [-0.39, 0.29) is 12.4 Å². The SMILES string of the molecule is CCOc1ccc([C@@H]2CNCCN2)cc1.Cl. The Kier molecular flexibility index (Phi) is 5.60. The Morgan fingerprint density at radius 3 is 2.56 bits per heavy atom. The Morgan fingerprint density at radius 2 is 2.00 bits per heavy atom. The van der Waals surface area contributed by atoms with Crippen LogP contribution in [0.5, 0.6) is 5.75 Å². The highest BCUT2D eigenvalue weighted by Gasteiger charge is 2.13. The lowest BCUT2D eigenvalue weighted by Gasteiger charge is -2.24. The number of halogens is 1. The predicted molar refractivity (Wildman–Crippen MR) is 68.5 cm³/mol. The van der Waals surface area contributed by atoms with Gasteiger partial charge in [0.2, 0.25) is 0 Å². The largest absolute Gasteiger partial charge is 0.494 e. The molecule has 0 saturated carbocycles. The van der Waals surface area contributed by atoms with Crippen LogP contribution in [0.2, 0.25) is 0 Å². The van der Waals surface area contributed by atoms with E-state index in [0.29, 0.717) is 6.04 Å². The second-order valence-electron chi connectivity index (χ2n) is 3.71. The van der Waals surface area contributed by atoms with Gasteiger partial charge in [0.1, 0.15) is 5.75 Å². The topological polar surface area (TPSA) is 33.3 Å². The lowest BCUT2D eigenvalue weighted by molar-refractivity contribution is 0.340. The maximum atomic E-state index is 5.41. The molecule has 1 heterocycles. The molecule has 0 aliphatic carbocycles. The van der Waals surface area contributed by atoms with Crippen LogP contribution in [0.25, 0.3) is 0 Å². The van der Waals surface area contributed by atoms with Gasteiger partial charge in [-0.25, -0.2) is 0 Å². The second-order valence-corrected chi connectivity index (χ2v) is 3.71. The smallest absolute Gasteiger partial charge is 0.119 e. The van der Waals surface area contributed by atoms with Gasteiger partial charge in [0.15, 0.2) is 0 Å². The van der Waals surface area contributed by atoms with E-state index in [1.54, 1.807) is 0 Å². The van der Waals surface area contributed by atoms with Crippen molar-refractivity contribution in [1.29, 1.82) is 0 Å². The summed E-state index contributed by atoms with van der Waals surface area (Å²) in [6.45, 7) is 5.84. The summed E-state index contributed by atoms with van der Waals surface area (Å²) in [5.74, 6) is 0.949. The Labute approximate surface area is 103 Å². The third-order valence-electron chi connectivity index (χ3n) is 2.63. The highest BCUT2D eigenvalue weighted by Crippen LogP contribution is 2.18. The molecule has 4 heteroatoms. The zero-order valence-corrected chi connectivity index (χ0v) is 10.3. The molecule has 1 aromatic carbocycles. The van der Waals surface area contributed by atoms with Gasteiger partial charge in [-0.15, -0.1) is 12.4 Å². The summed E-state index contributed by atoms with van der Waals surface area (Å²) in [6, 6.07) is 8.78. The molecule has 0 unspecified atom stereocenters. The van der Waals surface area contributed by atoms with Gasteiger partial charge in [-0.1, -0.05) is 12.1 Å². The second kappa shape index (κ2) is 6.74. The standard InChI is InChI=1S/C12H18N2O.ClH/c1-2-15-11-5-3-10(4-6-11)12-9-13-7-8-14-12;/h3-6,12-14H,2,7-9H2,1H3;1H/t12-;/m0./s1. The Morgan fingerprint density at radius 1 is 1.25 bits per heavy atom. The van der Waals surface area contributed by atoms with Crippen molar-refractivity contribution in [1.82, 2.24) is 10.6 Å². The van der Waals surface area contributed by atoms with Crippen molar-refractivity contribution < 1.29 is 4.74 Å². The third-order valence-corrected chi connectivity index (χ3v) is 2.63. The normalized spacial score (nSPS) is 19.9. The highest BCUT2D eigenvalue weighted by molar-refractivity contribution is 5.85. The van der Waals surface area contributed by atoms with Crippen LogP contribution >= 0.6 is 12.4 Å². The average Bonchev–Trinajstić information content (AvgIpc) is 2.32. The summed E-state index contributed by atoms with van der Waals surface area (Å²) < 4.78 is 5.41. The Hall–Kier alpha value is -0.770. The average molecular weight is 243 g/mol. The number of hydrogen-bond donors (Lipinski definition) is 2. The fourth-order valence-electron chi connectivity index (χ4n) is 1.85. The molecule has 1 aliphatic heterocycles. The first-order valence-electron chi connectivity index (χ1n) is 5.57. The van der Waals surface area contributed by atoms with Crippen molar-refractivity contribution in [2.24, 2.45) is 0 Å². The number of piperazine rings is 1. The lowest BCUT2D eigenvalue weighted by atomic mass is 10.1. The van der Waals surface area contributed by atoms with Crippen molar-refractivity contribution in [3.63, 3.8) is 0 Å². The van der Waals surface area contributed by atoms with E-state index in [1.807, 2.05) is 19.1 Å². The predicted octanol–water partition coefficient (Wildman–Crippen LogP) is 1.74. The molecule has 0 bridgehead atoms. The minimum Gasteiger partial charge on any atom is -0.494 e. The van der Waals surface area contributed by atoms with E-state index in [4.69, 9.17) is 4.74 Å². The van der Waals surface area contributed by atoms with Gasteiger partial charge in [0, 0.05) is 25.7 Å². The highest BCUT2D eigenvalue weighted by atomic mass is 35.5. The van der Waals surface area contributed by atoms with E-state index in [2.05, 4.69) is 22.8 Å². The number of nitrogens with one attached hydrogen (secondary N) is 2. The van der Waals surface area contributed by atoms with Crippen LogP contribution in [-0.4, -0.2) is 26.2 Å². The summed E-state index contributed by atoms with van der Waals surface area (Å²) in [7, 11) is 0. The number of benzene rings is 1. The van der Waals surface area contributed by atoms with Gasteiger partial charge in [-0.2, -0.15) is 0 Å². The summed E-state index contributed by atoms with van der Waals surface area (Å²) in [5.41, 5.74) is 1.32. The zero-order valence-electron chi connectivity index (χ0n) is 9.53. The first-order chi connectivity index (χ1) is 7.40. The number of ether oxygens (including phenoxy) is 1. The molecule has 3 nitrogen and oxygen atoms in total. The monoisotopic (exact) mass is 242 g/mol. The number of hydrogen-bond acceptors (Lipinski definition) is 3. The molecule has 2 N–H and O–H groups in total. The minimum atomic E-state index is 0. The Bertz CT molecular complexity index is 296. The summed E-state index contributed by atoms with van der Waals surface area (Å²) >= 11 is 0. The maximum Gasteiger partial charge on any atom is 0.119 e. The molecule has 2 rings (SSSR count). The molecule has 1 aliphatic rings. The summed E-state index contributed by atoms with van der Waals surface area (Å²) in [6.07, 6.45) is 0. The van der Waals surface area contributed by atoms with Gasteiger partial charge in [0.05, 0.1) is 6.61 Å². The third kappa shape index (κ3) is 3.37. The quantitative estimate of drug-likeness (QED) is 0.847. The molecule has 1 saturated heterocycles. The van der Waals surface area contributed by atoms with Crippen molar-refractivity contribution in [3.05, 3.63) is 29.8 Å². The zero-order chi connectivity index (χ0) is 10.5. The van der Waals surface area contributed by atoms with Crippen molar-refractivity contribution >= 4 is 12.4 Å². The van der Waals surface area contributed by atoms with Crippen molar-refractivity contribution in [3.8, 4) is 5.75 Å². The van der Waals surface area contributed by atoms with E-state index in [9.17, 15) is 0 Å². The molecule has 0 aromatic heterocycles. The Balaban J connectivity index is 0.00000128. The van der Waals surface area contributed by atoms with Crippen LogP contribution < -0.4 is 15.4 Å². The molecule has 0 radical (unpaired) electrons. The van der Waals surface area contributed by atoms with E-state index in [1.165, 1.54) is 5.56 Å². The van der Waals surface area contributed by atoms with Gasteiger partial charge in [0.25, 0.3) is 0 Å². The van der Waals surface area contributed by atoms with Crippen LogP contribution in [-0.2, 0) is 0 Å². The van der Waals surface area contributed by atoms with E-state index < -0.39 is 0 Å². The fourth-order valence-corrected chi connectivity index (χ4v) is 1.85. The van der Waals surface area contributed by atoms with Crippen LogP contribution in [0.4, 0.5) is 0 Å². The first kappa shape index (κ1) is 13.3. The summed E-state index contributed by atoms with van der Waals surface area (Å²) in [5, 5.41) is 6.86. The molecular weight excluding hydrogens is 224 g/mol. The van der Waals surface area contributed by atoms with Crippen LogP contribution in [0.15, 0.2) is 24.3 Å². The maximum absolute atomic E-state index is 5.41. The summed E-state index contributed by atoms with van der Waals surface area (Å²) in [4.78, 5) is 0. The van der Waals surface area contributed by atoms with Crippen molar-refractivity contribution in [2.45, 2.75) is 13.0 Å². The van der Waals surface area contributed by atoms with Crippen LogP contribution in [0, 0.1) is 0 Å². The van der Waals surface area contributed by atoms with Gasteiger partial charge in [-0.3, -0.25) is 0 Å². The van der Waals surface area contributed by atoms with E-state index >= 15 is 0 Å². The fraction of sp³-hybridized carbons (Fsp3) is 0.500. The lowest BCUT2D eigenvalue weighted by Crippen LogP contribution is -2.42. The molecule has 90 valence electrons. The van der Waals surface area contributed by atoms with Crippen LogP contribution in [0.3, 0.4) is 0 Å². The van der Waals surface area contributed by atoms with Crippen LogP contribution in [0.1, 0.15) is 18.5 Å². The molecule has 1 aromatic rings. The van der Waals surface area contributed by atoms with Gasteiger partial charge >= 0.3 is 0 Å². The molecule has 16 heavy (non-hydrogen) atoms. The van der Waals surface area contributed by atoms with Gasteiger partial charge < -0.3 is 15.4 Å².